The third kappa shape index (κ3) is 2.58. The van der Waals surface area contributed by atoms with Crippen LogP contribution in [-0.4, -0.2) is 42.0 Å². The lowest BCUT2D eigenvalue weighted by Gasteiger charge is -2.23. The molecule has 3 aliphatic rings. The van der Waals surface area contributed by atoms with Crippen molar-refractivity contribution in [2.45, 2.75) is 38.3 Å². The third-order valence-electron chi connectivity index (χ3n) is 6.17. The summed E-state index contributed by atoms with van der Waals surface area (Å²) in [5, 5.41) is 0. The summed E-state index contributed by atoms with van der Waals surface area (Å²) >= 11 is 0. The molecule has 0 unspecified atom stereocenters. The quantitative estimate of drug-likeness (QED) is 0.722. The van der Waals surface area contributed by atoms with Gasteiger partial charge in [-0.2, -0.15) is 0 Å². The molecule has 124 valence electrons. The van der Waals surface area contributed by atoms with Gasteiger partial charge in [-0.15, -0.1) is 0 Å². The molecule has 24 heavy (non-hydrogen) atoms. The molecule has 2 saturated heterocycles. The van der Waals surface area contributed by atoms with E-state index in [2.05, 4.69) is 52.3 Å². The maximum atomic E-state index is 2.72. The first-order valence-corrected chi connectivity index (χ1v) is 9.53. The fourth-order valence-electron chi connectivity index (χ4n) is 4.92. The minimum Gasteiger partial charge on any atom is -0.299 e. The van der Waals surface area contributed by atoms with E-state index in [-0.39, 0.29) is 0 Å². The Morgan fingerprint density at radius 2 is 1.71 bits per heavy atom. The molecule has 2 fully saturated rings. The molecular formula is C22H26N2. The van der Waals surface area contributed by atoms with Gasteiger partial charge in [-0.25, -0.2) is 0 Å². The molecule has 1 atom stereocenters. The smallest absolute Gasteiger partial charge is 0.0235 e. The average molecular weight is 318 g/mol. The first-order chi connectivity index (χ1) is 11.9. The van der Waals surface area contributed by atoms with Crippen molar-refractivity contribution in [3.8, 4) is 11.1 Å². The Bertz CT molecular complexity index is 745. The second-order valence-electron chi connectivity index (χ2n) is 7.75. The highest BCUT2D eigenvalue weighted by atomic mass is 15.3. The van der Waals surface area contributed by atoms with Crippen LogP contribution in [0.4, 0.5) is 0 Å². The molecular weight excluding hydrogens is 292 g/mol. The van der Waals surface area contributed by atoms with Gasteiger partial charge in [-0.3, -0.25) is 9.80 Å². The molecule has 2 nitrogen and oxygen atoms in total. The van der Waals surface area contributed by atoms with E-state index in [9.17, 15) is 0 Å². The predicted molar refractivity (Wildman–Crippen MR) is 99.2 cm³/mol. The maximum absolute atomic E-state index is 2.72. The number of rotatable bonds is 3. The second kappa shape index (κ2) is 6.02. The Morgan fingerprint density at radius 3 is 2.62 bits per heavy atom. The number of likely N-dealkylation sites (tertiary alicyclic amines) is 2. The highest BCUT2D eigenvalue weighted by Crippen LogP contribution is 2.37. The number of hydrogen-bond donors (Lipinski definition) is 0. The van der Waals surface area contributed by atoms with Gasteiger partial charge >= 0.3 is 0 Å². The first-order valence-electron chi connectivity index (χ1n) is 9.53. The van der Waals surface area contributed by atoms with Gasteiger partial charge in [0.15, 0.2) is 0 Å². The van der Waals surface area contributed by atoms with E-state index in [1.54, 1.807) is 0 Å². The summed E-state index contributed by atoms with van der Waals surface area (Å²) in [6.45, 7) is 6.30. The number of fused-ring (bicyclic) bond motifs is 3. The molecule has 0 bridgehead atoms. The standard InChI is InChI=1S/C22H26N2/c1-2-6-21-18(5-1)14-19-13-17(7-8-22(19)21)15-23-12-9-20(16-23)24-10-3-4-11-24/h1-2,5-8,13,20H,3-4,9-12,14-16H2/t20-/m1/s1. The van der Waals surface area contributed by atoms with E-state index in [0.29, 0.717) is 0 Å². The van der Waals surface area contributed by atoms with E-state index >= 15 is 0 Å². The zero-order valence-corrected chi connectivity index (χ0v) is 14.4. The van der Waals surface area contributed by atoms with E-state index < -0.39 is 0 Å². The van der Waals surface area contributed by atoms with Crippen LogP contribution in [0.15, 0.2) is 42.5 Å². The van der Waals surface area contributed by atoms with Gasteiger partial charge in [0.2, 0.25) is 0 Å². The van der Waals surface area contributed by atoms with Crippen molar-refractivity contribution in [1.82, 2.24) is 9.80 Å². The fraction of sp³-hybridized carbons (Fsp3) is 0.455. The molecule has 1 aliphatic carbocycles. The molecule has 0 N–H and O–H groups in total. The minimum absolute atomic E-state index is 0.811. The van der Waals surface area contributed by atoms with Crippen LogP contribution in [0.1, 0.15) is 36.0 Å². The van der Waals surface area contributed by atoms with Crippen LogP contribution in [0.3, 0.4) is 0 Å². The summed E-state index contributed by atoms with van der Waals surface area (Å²) < 4.78 is 0. The van der Waals surface area contributed by atoms with Crippen LogP contribution < -0.4 is 0 Å². The summed E-state index contributed by atoms with van der Waals surface area (Å²) in [5.41, 5.74) is 7.38. The zero-order valence-electron chi connectivity index (χ0n) is 14.4. The molecule has 2 heterocycles. The van der Waals surface area contributed by atoms with Gasteiger partial charge in [0.1, 0.15) is 0 Å². The summed E-state index contributed by atoms with van der Waals surface area (Å²) in [7, 11) is 0. The van der Waals surface area contributed by atoms with Crippen LogP contribution in [0.5, 0.6) is 0 Å². The van der Waals surface area contributed by atoms with Gasteiger partial charge in [0, 0.05) is 25.7 Å². The Morgan fingerprint density at radius 1 is 0.875 bits per heavy atom. The van der Waals surface area contributed by atoms with Gasteiger partial charge < -0.3 is 0 Å². The number of hydrogen-bond acceptors (Lipinski definition) is 2. The normalized spacial score (nSPS) is 23.6. The number of nitrogens with zero attached hydrogens (tertiary/aromatic N) is 2. The molecule has 0 amide bonds. The molecule has 2 aromatic rings. The summed E-state index contributed by atoms with van der Waals surface area (Å²) in [6.07, 6.45) is 5.27. The lowest BCUT2D eigenvalue weighted by molar-refractivity contribution is 0.230. The SMILES string of the molecule is c1ccc2c(c1)Cc1cc(CN3CC[C@@H](N4CCCC4)C3)ccc1-2. The van der Waals surface area contributed by atoms with Gasteiger partial charge in [0.05, 0.1) is 0 Å². The van der Waals surface area contributed by atoms with Crippen LogP contribution in [0, 0.1) is 0 Å². The summed E-state index contributed by atoms with van der Waals surface area (Å²) in [5.74, 6) is 0. The van der Waals surface area contributed by atoms with Gasteiger partial charge in [-0.1, -0.05) is 42.5 Å². The largest absolute Gasteiger partial charge is 0.299 e. The molecule has 0 radical (unpaired) electrons. The van der Waals surface area contributed by atoms with Crippen molar-refractivity contribution in [3.63, 3.8) is 0 Å². The summed E-state index contributed by atoms with van der Waals surface area (Å²) in [4.78, 5) is 5.38. The lowest BCUT2D eigenvalue weighted by Crippen LogP contribution is -2.35. The van der Waals surface area contributed by atoms with Crippen LogP contribution in [0.2, 0.25) is 0 Å². The topological polar surface area (TPSA) is 6.48 Å². The molecule has 5 rings (SSSR count). The molecule has 0 spiro atoms. The first kappa shape index (κ1) is 14.7. The summed E-state index contributed by atoms with van der Waals surface area (Å²) in [6, 6.07) is 16.8. The molecule has 0 saturated carbocycles. The Balaban J connectivity index is 1.29. The molecule has 0 aromatic heterocycles. The molecule has 2 aromatic carbocycles. The van der Waals surface area contributed by atoms with E-state index in [1.807, 2.05) is 0 Å². The van der Waals surface area contributed by atoms with Crippen molar-refractivity contribution in [2.75, 3.05) is 26.2 Å². The maximum Gasteiger partial charge on any atom is 0.0235 e. The Kier molecular flexibility index (Phi) is 3.68. The van der Waals surface area contributed by atoms with E-state index in [0.717, 1.165) is 19.0 Å². The van der Waals surface area contributed by atoms with E-state index in [4.69, 9.17) is 0 Å². The Labute approximate surface area is 145 Å². The monoisotopic (exact) mass is 318 g/mol. The molecule has 2 heteroatoms. The Hall–Kier alpha value is -1.64. The third-order valence-corrected chi connectivity index (χ3v) is 6.17. The fourth-order valence-corrected chi connectivity index (χ4v) is 4.92. The minimum atomic E-state index is 0.811. The van der Waals surface area contributed by atoms with Crippen molar-refractivity contribution < 1.29 is 0 Å². The predicted octanol–water partition coefficient (Wildman–Crippen LogP) is 3.93. The van der Waals surface area contributed by atoms with Crippen molar-refractivity contribution in [2.24, 2.45) is 0 Å². The average Bonchev–Trinajstić information content (AvgIpc) is 3.33. The van der Waals surface area contributed by atoms with Crippen LogP contribution >= 0.6 is 0 Å². The van der Waals surface area contributed by atoms with Gasteiger partial charge in [-0.05, 0) is 66.6 Å². The number of benzene rings is 2. The highest BCUT2D eigenvalue weighted by Gasteiger charge is 2.29. The second-order valence-corrected chi connectivity index (χ2v) is 7.75. The zero-order chi connectivity index (χ0) is 15.9. The molecule has 2 aliphatic heterocycles. The van der Waals surface area contributed by atoms with E-state index in [1.165, 1.54) is 73.3 Å². The van der Waals surface area contributed by atoms with Crippen molar-refractivity contribution in [1.29, 1.82) is 0 Å². The van der Waals surface area contributed by atoms with Crippen molar-refractivity contribution in [3.05, 3.63) is 59.2 Å². The van der Waals surface area contributed by atoms with Gasteiger partial charge in [0.25, 0.3) is 0 Å². The van der Waals surface area contributed by atoms with Crippen molar-refractivity contribution >= 4 is 0 Å². The lowest BCUT2D eigenvalue weighted by atomic mass is 10.0. The van der Waals surface area contributed by atoms with Crippen LogP contribution in [-0.2, 0) is 13.0 Å². The highest BCUT2D eigenvalue weighted by molar-refractivity contribution is 5.76. The van der Waals surface area contributed by atoms with Crippen LogP contribution in [0.25, 0.3) is 11.1 Å².